The monoisotopic (exact) mass is 269 g/mol. The predicted molar refractivity (Wildman–Crippen MR) is 69.6 cm³/mol. The zero-order valence-corrected chi connectivity index (χ0v) is 11.1. The number of aryl methyl sites for hydroxylation is 1. The maximum Gasteiger partial charge on any atom is 0.355 e. The number of aromatic nitrogens is 1. The number of anilines is 1. The summed E-state index contributed by atoms with van der Waals surface area (Å²) in [5, 5.41) is 2.62. The second-order valence-electron chi connectivity index (χ2n) is 4.04. The van der Waals surface area contributed by atoms with Gasteiger partial charge in [-0.2, -0.15) is 0 Å². The number of hydrogen-bond donors (Lipinski definition) is 2. The Bertz CT molecular complexity index is 442. The first kappa shape index (κ1) is 15.0. The fourth-order valence-electron chi connectivity index (χ4n) is 1.49. The molecule has 0 unspecified atom stereocenters. The molecule has 1 aromatic heterocycles. The van der Waals surface area contributed by atoms with Crippen LogP contribution in [-0.4, -0.2) is 43.3 Å². The second kappa shape index (κ2) is 7.42. The zero-order valence-electron chi connectivity index (χ0n) is 11.1. The molecule has 0 bridgehead atoms. The highest BCUT2D eigenvalue weighted by molar-refractivity contribution is 5.90. The molecule has 1 heterocycles. The van der Waals surface area contributed by atoms with Gasteiger partial charge >= 0.3 is 5.97 Å². The normalized spacial score (nSPS) is 10.2. The van der Waals surface area contributed by atoms with Crippen LogP contribution in [0.3, 0.4) is 0 Å². The van der Waals surface area contributed by atoms with Gasteiger partial charge in [-0.05, 0) is 12.5 Å². The summed E-state index contributed by atoms with van der Waals surface area (Å²) in [6, 6.07) is 1.50. The predicted octanol–water partition coefficient (Wildman–Crippen LogP) is -0.0832. The van der Waals surface area contributed by atoms with Gasteiger partial charge in [0.2, 0.25) is 0 Å². The summed E-state index contributed by atoms with van der Waals surface area (Å²) in [5.74, 6) is -0.919. The molecule has 0 saturated heterocycles. The van der Waals surface area contributed by atoms with E-state index < -0.39 is 5.97 Å². The van der Waals surface area contributed by atoms with Gasteiger partial charge in [-0.3, -0.25) is 4.79 Å². The fraction of sp³-hybridized carbons (Fsp3) is 0.500. The van der Waals surface area contributed by atoms with Crippen LogP contribution in [0.1, 0.15) is 16.9 Å². The maximum absolute atomic E-state index is 11.7. The Morgan fingerprint density at radius 2 is 2.21 bits per heavy atom. The third-order valence-corrected chi connectivity index (χ3v) is 2.42. The summed E-state index contributed by atoms with van der Waals surface area (Å²) >= 11 is 0. The van der Waals surface area contributed by atoms with E-state index in [9.17, 15) is 9.59 Å². The van der Waals surface area contributed by atoms with Gasteiger partial charge in [-0.25, -0.2) is 4.79 Å². The molecule has 106 valence electrons. The smallest absolute Gasteiger partial charge is 0.355 e. The lowest BCUT2D eigenvalue weighted by Crippen LogP contribution is -2.30. The Labute approximate surface area is 111 Å². The Morgan fingerprint density at radius 3 is 2.79 bits per heavy atom. The number of rotatable bonds is 7. The molecule has 0 saturated carbocycles. The Balaban J connectivity index is 2.30. The highest BCUT2D eigenvalue weighted by Crippen LogP contribution is 2.09. The highest BCUT2D eigenvalue weighted by Gasteiger charge is 2.13. The topological polar surface area (TPSA) is 95.6 Å². The van der Waals surface area contributed by atoms with E-state index in [0.29, 0.717) is 31.0 Å². The van der Waals surface area contributed by atoms with Crippen molar-refractivity contribution in [3.8, 4) is 0 Å². The van der Waals surface area contributed by atoms with Crippen LogP contribution >= 0.6 is 0 Å². The van der Waals surface area contributed by atoms with Crippen molar-refractivity contribution in [2.24, 2.45) is 7.05 Å². The van der Waals surface area contributed by atoms with E-state index in [-0.39, 0.29) is 12.5 Å². The number of hydrogen-bond acceptors (Lipinski definition) is 5. The minimum Gasteiger partial charge on any atom is -0.451 e. The SMILES string of the molecule is COCCCNC(=O)COC(=O)c1cc(N)cn1C. The zero-order chi connectivity index (χ0) is 14.3. The van der Waals surface area contributed by atoms with Crippen LogP contribution in [0.4, 0.5) is 5.69 Å². The molecule has 3 N–H and O–H groups in total. The van der Waals surface area contributed by atoms with Crippen LogP contribution in [0.5, 0.6) is 0 Å². The number of esters is 1. The highest BCUT2D eigenvalue weighted by atomic mass is 16.5. The van der Waals surface area contributed by atoms with Gasteiger partial charge in [0.05, 0.1) is 5.69 Å². The summed E-state index contributed by atoms with van der Waals surface area (Å²) in [4.78, 5) is 23.0. The van der Waals surface area contributed by atoms with E-state index >= 15 is 0 Å². The van der Waals surface area contributed by atoms with Crippen LogP contribution < -0.4 is 11.1 Å². The number of nitrogens with one attached hydrogen (secondary N) is 1. The van der Waals surface area contributed by atoms with Gasteiger partial charge in [0.15, 0.2) is 6.61 Å². The third-order valence-electron chi connectivity index (χ3n) is 2.42. The van der Waals surface area contributed by atoms with Crippen molar-refractivity contribution in [1.29, 1.82) is 0 Å². The molecule has 0 radical (unpaired) electrons. The molecule has 0 atom stereocenters. The van der Waals surface area contributed by atoms with Crippen molar-refractivity contribution in [3.63, 3.8) is 0 Å². The van der Waals surface area contributed by atoms with Gasteiger partial charge in [0.25, 0.3) is 5.91 Å². The number of ether oxygens (including phenoxy) is 2. The molecule has 1 amide bonds. The molecule has 0 aliphatic rings. The summed E-state index contributed by atoms with van der Waals surface area (Å²) in [6.45, 7) is 0.751. The average Bonchev–Trinajstić information content (AvgIpc) is 2.71. The van der Waals surface area contributed by atoms with Gasteiger partial charge in [-0.1, -0.05) is 0 Å². The maximum atomic E-state index is 11.7. The van der Waals surface area contributed by atoms with Crippen molar-refractivity contribution in [2.45, 2.75) is 6.42 Å². The number of carbonyl (C=O) groups is 2. The summed E-state index contributed by atoms with van der Waals surface area (Å²) in [6.07, 6.45) is 2.31. The lowest BCUT2D eigenvalue weighted by atomic mass is 10.4. The largest absolute Gasteiger partial charge is 0.451 e. The Morgan fingerprint density at radius 1 is 1.47 bits per heavy atom. The molecular weight excluding hydrogens is 250 g/mol. The van der Waals surface area contributed by atoms with E-state index in [4.69, 9.17) is 15.2 Å². The van der Waals surface area contributed by atoms with Gasteiger partial charge < -0.3 is 25.1 Å². The molecule has 19 heavy (non-hydrogen) atoms. The van der Waals surface area contributed by atoms with Crippen molar-refractivity contribution >= 4 is 17.6 Å². The minimum absolute atomic E-state index is 0.309. The van der Waals surface area contributed by atoms with Gasteiger partial charge in [-0.15, -0.1) is 0 Å². The number of nitrogens with zero attached hydrogens (tertiary/aromatic N) is 1. The molecular formula is C12H19N3O4. The van der Waals surface area contributed by atoms with Crippen LogP contribution in [0, 0.1) is 0 Å². The lowest BCUT2D eigenvalue weighted by Gasteiger charge is -2.06. The molecule has 1 rings (SSSR count). The first-order valence-electron chi connectivity index (χ1n) is 5.89. The molecule has 7 heteroatoms. The molecule has 0 fully saturated rings. The van der Waals surface area contributed by atoms with Crippen LogP contribution in [-0.2, 0) is 21.3 Å². The van der Waals surface area contributed by atoms with E-state index in [1.54, 1.807) is 24.9 Å². The molecule has 1 aromatic rings. The van der Waals surface area contributed by atoms with Crippen LogP contribution in [0.15, 0.2) is 12.3 Å². The summed E-state index contributed by atoms with van der Waals surface area (Å²) in [7, 11) is 3.27. The fourth-order valence-corrected chi connectivity index (χ4v) is 1.49. The molecule has 0 aromatic carbocycles. The van der Waals surface area contributed by atoms with Crippen LogP contribution in [0.25, 0.3) is 0 Å². The van der Waals surface area contributed by atoms with Crippen molar-refractivity contribution in [3.05, 3.63) is 18.0 Å². The van der Waals surface area contributed by atoms with Crippen LogP contribution in [0.2, 0.25) is 0 Å². The number of methoxy groups -OCH3 is 1. The summed E-state index contributed by atoms with van der Waals surface area (Å²) < 4.78 is 11.3. The van der Waals surface area contributed by atoms with Crippen molar-refractivity contribution in [2.75, 3.05) is 32.6 Å². The summed E-state index contributed by atoms with van der Waals surface area (Å²) in [5.41, 5.74) is 6.33. The molecule has 0 aliphatic heterocycles. The van der Waals surface area contributed by atoms with E-state index in [1.165, 1.54) is 6.07 Å². The molecule has 7 nitrogen and oxygen atoms in total. The van der Waals surface area contributed by atoms with E-state index in [2.05, 4.69) is 5.32 Å². The molecule has 0 aliphatic carbocycles. The average molecular weight is 269 g/mol. The number of amides is 1. The Kier molecular flexibility index (Phi) is 5.87. The van der Waals surface area contributed by atoms with Crippen molar-refractivity contribution in [1.82, 2.24) is 9.88 Å². The van der Waals surface area contributed by atoms with E-state index in [1.807, 2.05) is 0 Å². The quantitative estimate of drug-likeness (QED) is 0.533. The minimum atomic E-state index is -0.578. The van der Waals surface area contributed by atoms with Gasteiger partial charge in [0.1, 0.15) is 5.69 Å². The standard InChI is InChI=1S/C12H19N3O4/c1-15-7-9(13)6-10(15)12(17)19-8-11(16)14-4-3-5-18-2/h6-7H,3-5,8,13H2,1-2H3,(H,14,16). The first-order chi connectivity index (χ1) is 9.04. The number of carbonyl (C=O) groups excluding carboxylic acids is 2. The van der Waals surface area contributed by atoms with Crippen molar-refractivity contribution < 1.29 is 19.1 Å². The Hall–Kier alpha value is -2.02. The second-order valence-corrected chi connectivity index (χ2v) is 4.04. The van der Waals surface area contributed by atoms with E-state index in [0.717, 1.165) is 0 Å². The van der Waals surface area contributed by atoms with Gasteiger partial charge in [0, 0.05) is 33.5 Å². The number of nitrogen functional groups attached to an aromatic ring is 1. The molecule has 0 spiro atoms. The number of nitrogens with two attached hydrogens (primary N) is 1. The lowest BCUT2D eigenvalue weighted by molar-refractivity contribution is -0.124. The third kappa shape index (κ3) is 5.01. The first-order valence-corrected chi connectivity index (χ1v) is 5.89.